The third kappa shape index (κ3) is 3.82. The lowest BCUT2D eigenvalue weighted by Gasteiger charge is -2.22. The minimum atomic E-state index is -0.981. The molecule has 1 unspecified atom stereocenters. The average molecular weight is 449 g/mol. The molecule has 34 heavy (non-hydrogen) atoms. The first-order chi connectivity index (χ1) is 16.4. The fraction of sp³-hybridized carbons (Fsp3) is 0.179. The molecule has 4 aromatic rings. The van der Waals surface area contributed by atoms with Crippen molar-refractivity contribution in [3.63, 3.8) is 0 Å². The number of aryl methyl sites for hydroxylation is 1. The smallest absolute Gasteiger partial charge is 0.337 e. The number of carboxylic acid groups (broad SMARTS) is 1. The fourth-order valence-electron chi connectivity index (χ4n) is 4.68. The maximum atomic E-state index is 11.7. The Kier molecular flexibility index (Phi) is 5.39. The summed E-state index contributed by atoms with van der Waals surface area (Å²) in [6.45, 7) is 5.48. The highest BCUT2D eigenvalue weighted by Crippen LogP contribution is 2.34. The molecule has 3 aromatic carbocycles. The molecule has 6 nitrogen and oxygen atoms in total. The number of pyridine rings is 1. The number of carboxylic acids is 1. The van der Waals surface area contributed by atoms with E-state index in [9.17, 15) is 15.2 Å². The van der Waals surface area contributed by atoms with Gasteiger partial charge in [0, 0.05) is 29.7 Å². The van der Waals surface area contributed by atoms with E-state index in [4.69, 9.17) is 4.98 Å². The van der Waals surface area contributed by atoms with Crippen LogP contribution in [0.3, 0.4) is 0 Å². The van der Waals surface area contributed by atoms with Gasteiger partial charge in [-0.25, -0.2) is 9.78 Å². The van der Waals surface area contributed by atoms with E-state index in [1.54, 1.807) is 18.2 Å². The Morgan fingerprint density at radius 3 is 2.44 bits per heavy atom. The van der Waals surface area contributed by atoms with Crippen molar-refractivity contribution in [1.82, 2.24) is 4.98 Å². The van der Waals surface area contributed by atoms with Gasteiger partial charge in [-0.2, -0.15) is 5.26 Å². The predicted octanol–water partition coefficient (Wildman–Crippen LogP) is 5.81. The SMILES string of the molecule is Cc1cc(C(C)Nc2ccccc2C(=O)O)c2nc(N3Cc4ccccc4C3)cc(C#N)c2c1. The molecule has 168 valence electrons. The van der Waals surface area contributed by atoms with Gasteiger partial charge in [0.25, 0.3) is 0 Å². The Bertz CT molecular complexity index is 1450. The molecule has 0 bridgehead atoms. The van der Waals surface area contributed by atoms with Crippen LogP contribution < -0.4 is 10.2 Å². The molecule has 0 fully saturated rings. The summed E-state index contributed by atoms with van der Waals surface area (Å²) in [6.07, 6.45) is 0. The number of nitrogens with zero attached hydrogens (tertiary/aromatic N) is 3. The summed E-state index contributed by atoms with van der Waals surface area (Å²) >= 11 is 0. The molecule has 1 aliphatic heterocycles. The second-order valence-corrected chi connectivity index (χ2v) is 8.73. The Labute approximate surface area is 198 Å². The number of fused-ring (bicyclic) bond motifs is 2. The Morgan fingerprint density at radius 2 is 1.76 bits per heavy atom. The number of aromatic nitrogens is 1. The standard InChI is InChI=1S/C28H24N4O2/c1-17-11-23(18(2)30-25-10-6-5-9-22(25)28(33)34)27-24(12-17)21(14-29)13-26(31-27)32-15-19-7-3-4-8-20(19)16-32/h3-13,18,30H,15-16H2,1-2H3,(H,33,34). The van der Waals surface area contributed by atoms with Gasteiger partial charge in [-0.05, 0) is 54.8 Å². The largest absolute Gasteiger partial charge is 0.478 e. The number of nitriles is 1. The Morgan fingerprint density at radius 1 is 1.09 bits per heavy atom. The lowest BCUT2D eigenvalue weighted by atomic mass is 9.97. The summed E-state index contributed by atoms with van der Waals surface area (Å²) in [5.74, 6) is -0.214. The first-order valence-electron chi connectivity index (χ1n) is 11.2. The molecule has 0 aliphatic carbocycles. The van der Waals surface area contributed by atoms with Crippen LogP contribution in [0.2, 0.25) is 0 Å². The molecule has 2 N–H and O–H groups in total. The zero-order chi connectivity index (χ0) is 23.8. The zero-order valence-electron chi connectivity index (χ0n) is 19.0. The molecule has 5 rings (SSSR count). The number of anilines is 2. The summed E-state index contributed by atoms with van der Waals surface area (Å²) < 4.78 is 0. The third-order valence-corrected chi connectivity index (χ3v) is 6.35. The van der Waals surface area contributed by atoms with Crippen molar-refractivity contribution < 1.29 is 9.90 Å². The summed E-state index contributed by atoms with van der Waals surface area (Å²) in [5, 5.41) is 23.7. The van der Waals surface area contributed by atoms with Crippen LogP contribution in [0.25, 0.3) is 10.9 Å². The van der Waals surface area contributed by atoms with Gasteiger partial charge in [-0.1, -0.05) is 42.5 Å². The fourth-order valence-corrected chi connectivity index (χ4v) is 4.68. The number of benzene rings is 3. The summed E-state index contributed by atoms with van der Waals surface area (Å²) in [7, 11) is 0. The molecule has 2 heterocycles. The van der Waals surface area contributed by atoms with Gasteiger partial charge in [-0.3, -0.25) is 0 Å². The highest BCUT2D eigenvalue weighted by atomic mass is 16.4. The van der Waals surface area contributed by atoms with Gasteiger partial charge >= 0.3 is 5.97 Å². The highest BCUT2D eigenvalue weighted by molar-refractivity contribution is 5.94. The average Bonchev–Trinajstić information content (AvgIpc) is 3.27. The molecule has 0 spiro atoms. The van der Waals surface area contributed by atoms with Crippen molar-refractivity contribution in [2.45, 2.75) is 33.0 Å². The van der Waals surface area contributed by atoms with Crippen molar-refractivity contribution in [2.75, 3.05) is 10.2 Å². The number of para-hydroxylation sites is 1. The first-order valence-corrected chi connectivity index (χ1v) is 11.2. The van der Waals surface area contributed by atoms with E-state index < -0.39 is 5.97 Å². The van der Waals surface area contributed by atoms with Crippen LogP contribution in [0.1, 0.15) is 51.1 Å². The van der Waals surface area contributed by atoms with Crippen molar-refractivity contribution in [3.05, 3.63) is 100 Å². The second kappa shape index (κ2) is 8.53. The van der Waals surface area contributed by atoms with Crippen molar-refractivity contribution in [1.29, 1.82) is 5.26 Å². The minimum absolute atomic E-state index is 0.215. The quantitative estimate of drug-likeness (QED) is 0.401. The minimum Gasteiger partial charge on any atom is -0.478 e. The van der Waals surface area contributed by atoms with Crippen molar-refractivity contribution >= 4 is 28.4 Å². The Hall–Kier alpha value is -4.37. The van der Waals surface area contributed by atoms with Gasteiger partial charge in [0.2, 0.25) is 0 Å². The molecule has 0 radical (unpaired) electrons. The van der Waals surface area contributed by atoms with E-state index in [2.05, 4.69) is 34.5 Å². The lowest BCUT2D eigenvalue weighted by Crippen LogP contribution is -2.17. The number of hydrogen-bond donors (Lipinski definition) is 2. The number of nitrogens with one attached hydrogen (secondary N) is 1. The van der Waals surface area contributed by atoms with Gasteiger partial charge in [0.1, 0.15) is 5.82 Å². The van der Waals surface area contributed by atoms with E-state index in [0.717, 1.165) is 40.9 Å². The number of rotatable bonds is 5. The molecule has 0 saturated heterocycles. The summed E-state index contributed by atoms with van der Waals surface area (Å²) in [4.78, 5) is 18.9. The van der Waals surface area contributed by atoms with Gasteiger partial charge in [-0.15, -0.1) is 0 Å². The lowest BCUT2D eigenvalue weighted by molar-refractivity contribution is 0.0698. The molecule has 0 amide bonds. The molecular formula is C28H24N4O2. The van der Waals surface area contributed by atoms with Crippen LogP contribution in [0.5, 0.6) is 0 Å². The normalized spacial score (nSPS) is 13.4. The maximum absolute atomic E-state index is 11.7. The molecular weight excluding hydrogens is 424 g/mol. The van der Waals surface area contributed by atoms with Crippen molar-refractivity contribution in [3.8, 4) is 6.07 Å². The molecule has 1 aromatic heterocycles. The first kappa shape index (κ1) is 21.5. The number of hydrogen-bond acceptors (Lipinski definition) is 5. The number of aromatic carboxylic acids is 1. The van der Waals surface area contributed by atoms with Gasteiger partial charge < -0.3 is 15.3 Å². The summed E-state index contributed by atoms with van der Waals surface area (Å²) in [6, 6.07) is 23.3. The zero-order valence-corrected chi connectivity index (χ0v) is 19.0. The predicted molar refractivity (Wildman–Crippen MR) is 133 cm³/mol. The van der Waals surface area contributed by atoms with Crippen LogP contribution in [-0.4, -0.2) is 16.1 Å². The number of carbonyl (C=O) groups is 1. The monoisotopic (exact) mass is 448 g/mol. The van der Waals surface area contributed by atoms with Crippen LogP contribution >= 0.6 is 0 Å². The second-order valence-electron chi connectivity index (χ2n) is 8.73. The van der Waals surface area contributed by atoms with Gasteiger partial charge in [0.15, 0.2) is 0 Å². The third-order valence-electron chi connectivity index (χ3n) is 6.35. The topological polar surface area (TPSA) is 89.2 Å². The van der Waals surface area contributed by atoms with Crippen molar-refractivity contribution in [2.24, 2.45) is 0 Å². The maximum Gasteiger partial charge on any atom is 0.337 e. The van der Waals surface area contributed by atoms with E-state index in [-0.39, 0.29) is 11.6 Å². The van der Waals surface area contributed by atoms with Crippen LogP contribution in [-0.2, 0) is 13.1 Å². The van der Waals surface area contributed by atoms with E-state index >= 15 is 0 Å². The van der Waals surface area contributed by atoms with E-state index in [1.807, 2.05) is 44.2 Å². The van der Waals surface area contributed by atoms with E-state index in [1.165, 1.54) is 11.1 Å². The van der Waals surface area contributed by atoms with Crippen LogP contribution in [0.4, 0.5) is 11.5 Å². The van der Waals surface area contributed by atoms with Gasteiger partial charge in [0.05, 0.1) is 28.8 Å². The summed E-state index contributed by atoms with van der Waals surface area (Å²) in [5.41, 5.74) is 6.58. The molecule has 0 saturated carbocycles. The van der Waals surface area contributed by atoms with E-state index in [0.29, 0.717) is 11.3 Å². The van der Waals surface area contributed by atoms with Crippen LogP contribution in [0, 0.1) is 18.3 Å². The van der Waals surface area contributed by atoms with Crippen LogP contribution in [0.15, 0.2) is 66.7 Å². The molecule has 6 heteroatoms. The Balaban J connectivity index is 1.59. The highest BCUT2D eigenvalue weighted by Gasteiger charge is 2.23. The molecule has 1 atom stereocenters. The molecule has 1 aliphatic rings.